The monoisotopic (exact) mass is 223 g/mol. The van der Waals surface area contributed by atoms with Crippen molar-refractivity contribution in [1.82, 2.24) is 0 Å². The number of halogens is 2. The lowest BCUT2D eigenvalue weighted by molar-refractivity contribution is 0.0257. The third kappa shape index (κ3) is 2.06. The SMILES string of the molecule is N#Cc1cc(N)cc(N2CCC(F)(F)C2)c1. The summed E-state index contributed by atoms with van der Waals surface area (Å²) in [5.74, 6) is -2.64. The van der Waals surface area contributed by atoms with Gasteiger partial charge >= 0.3 is 0 Å². The third-order valence-electron chi connectivity index (χ3n) is 2.60. The van der Waals surface area contributed by atoms with Gasteiger partial charge in [-0.05, 0) is 18.2 Å². The number of rotatable bonds is 1. The fourth-order valence-corrected chi connectivity index (χ4v) is 1.84. The summed E-state index contributed by atoms with van der Waals surface area (Å²) in [5.41, 5.74) is 7.01. The predicted octanol–water partition coefficient (Wildman–Crippen LogP) is 1.99. The van der Waals surface area contributed by atoms with Crippen LogP contribution in [0.25, 0.3) is 0 Å². The molecule has 0 atom stereocenters. The van der Waals surface area contributed by atoms with Crippen LogP contribution >= 0.6 is 0 Å². The first-order valence-corrected chi connectivity index (χ1v) is 4.94. The van der Waals surface area contributed by atoms with E-state index in [1.54, 1.807) is 17.0 Å². The van der Waals surface area contributed by atoms with E-state index in [2.05, 4.69) is 0 Å². The van der Waals surface area contributed by atoms with E-state index in [0.29, 0.717) is 23.5 Å². The molecule has 0 aromatic heterocycles. The molecule has 0 radical (unpaired) electrons. The molecule has 1 heterocycles. The fourth-order valence-electron chi connectivity index (χ4n) is 1.84. The summed E-state index contributed by atoms with van der Waals surface area (Å²) in [6.45, 7) is -0.0113. The second-order valence-electron chi connectivity index (χ2n) is 3.95. The van der Waals surface area contributed by atoms with Crippen LogP contribution in [-0.4, -0.2) is 19.0 Å². The van der Waals surface area contributed by atoms with E-state index in [-0.39, 0.29) is 13.0 Å². The molecule has 2 N–H and O–H groups in total. The van der Waals surface area contributed by atoms with Gasteiger partial charge in [-0.1, -0.05) is 0 Å². The van der Waals surface area contributed by atoms with E-state index in [0.717, 1.165) is 0 Å². The highest BCUT2D eigenvalue weighted by atomic mass is 19.3. The first kappa shape index (κ1) is 10.7. The van der Waals surface area contributed by atoms with Crippen LogP contribution in [0.15, 0.2) is 18.2 Å². The van der Waals surface area contributed by atoms with Crippen LogP contribution in [0, 0.1) is 11.3 Å². The Morgan fingerprint density at radius 2 is 2.12 bits per heavy atom. The Morgan fingerprint density at radius 3 is 2.69 bits per heavy atom. The Hall–Kier alpha value is -1.83. The topological polar surface area (TPSA) is 53.1 Å². The minimum atomic E-state index is -2.64. The van der Waals surface area contributed by atoms with Crippen molar-refractivity contribution in [2.24, 2.45) is 0 Å². The molecule has 2 rings (SSSR count). The van der Waals surface area contributed by atoms with E-state index in [1.807, 2.05) is 6.07 Å². The smallest absolute Gasteiger partial charge is 0.266 e. The molecular weight excluding hydrogens is 212 g/mol. The second-order valence-corrected chi connectivity index (χ2v) is 3.95. The number of hydrogen-bond acceptors (Lipinski definition) is 3. The number of nitrogens with two attached hydrogens (primary N) is 1. The Balaban J connectivity index is 2.29. The van der Waals surface area contributed by atoms with E-state index >= 15 is 0 Å². The second kappa shape index (κ2) is 3.63. The van der Waals surface area contributed by atoms with Crippen molar-refractivity contribution in [1.29, 1.82) is 5.26 Å². The zero-order valence-corrected chi connectivity index (χ0v) is 8.58. The van der Waals surface area contributed by atoms with Crippen LogP contribution in [0.5, 0.6) is 0 Å². The summed E-state index contributed by atoms with van der Waals surface area (Å²) in [6.07, 6.45) is -0.149. The molecule has 0 aliphatic carbocycles. The lowest BCUT2D eigenvalue weighted by Crippen LogP contribution is -2.24. The standard InChI is InChI=1S/C11H11F2N3/c12-11(13)1-2-16(7-11)10-4-8(6-14)3-9(15)5-10/h3-5H,1-2,7,15H2. The molecule has 16 heavy (non-hydrogen) atoms. The molecule has 1 aliphatic heterocycles. The maximum Gasteiger partial charge on any atom is 0.266 e. The molecular formula is C11H11F2N3. The number of alkyl halides is 2. The molecule has 1 aromatic carbocycles. The van der Waals surface area contributed by atoms with Gasteiger partial charge in [-0.25, -0.2) is 8.78 Å². The molecule has 3 nitrogen and oxygen atoms in total. The highest BCUT2D eigenvalue weighted by Crippen LogP contribution is 2.32. The molecule has 5 heteroatoms. The first-order valence-electron chi connectivity index (χ1n) is 4.94. The van der Waals surface area contributed by atoms with Crippen LogP contribution < -0.4 is 10.6 Å². The van der Waals surface area contributed by atoms with Gasteiger partial charge in [-0.3, -0.25) is 0 Å². The summed E-state index contributed by atoms with van der Waals surface area (Å²) in [6, 6.07) is 6.68. The van der Waals surface area contributed by atoms with Crippen molar-refractivity contribution in [3.8, 4) is 6.07 Å². The maximum absolute atomic E-state index is 13.0. The number of nitrogens with zero attached hydrogens (tertiary/aromatic N) is 2. The van der Waals surface area contributed by atoms with Gasteiger partial charge in [0.25, 0.3) is 5.92 Å². The highest BCUT2D eigenvalue weighted by molar-refractivity contribution is 5.61. The number of anilines is 2. The number of nitriles is 1. The van der Waals surface area contributed by atoms with Gasteiger partial charge < -0.3 is 10.6 Å². The van der Waals surface area contributed by atoms with Gasteiger partial charge in [0.2, 0.25) is 0 Å². The molecule has 0 bridgehead atoms. The van der Waals surface area contributed by atoms with Crippen molar-refractivity contribution in [2.75, 3.05) is 23.7 Å². The minimum absolute atomic E-state index is 0.149. The van der Waals surface area contributed by atoms with Crippen molar-refractivity contribution in [2.45, 2.75) is 12.3 Å². The average Bonchev–Trinajstić information content (AvgIpc) is 2.58. The Morgan fingerprint density at radius 1 is 1.38 bits per heavy atom. The molecule has 0 unspecified atom stereocenters. The van der Waals surface area contributed by atoms with Crippen molar-refractivity contribution >= 4 is 11.4 Å². The minimum Gasteiger partial charge on any atom is -0.399 e. The highest BCUT2D eigenvalue weighted by Gasteiger charge is 2.38. The van der Waals surface area contributed by atoms with Gasteiger partial charge in [-0.2, -0.15) is 5.26 Å². The molecule has 1 fully saturated rings. The van der Waals surface area contributed by atoms with Crippen LogP contribution in [0.2, 0.25) is 0 Å². The molecule has 0 spiro atoms. The largest absolute Gasteiger partial charge is 0.399 e. The van der Waals surface area contributed by atoms with Crippen molar-refractivity contribution < 1.29 is 8.78 Å². The fraction of sp³-hybridized carbons (Fsp3) is 0.364. The van der Waals surface area contributed by atoms with Crippen LogP contribution in [0.3, 0.4) is 0 Å². The molecule has 1 aromatic rings. The lowest BCUT2D eigenvalue weighted by Gasteiger charge is -2.18. The van der Waals surface area contributed by atoms with E-state index < -0.39 is 5.92 Å². The summed E-state index contributed by atoms with van der Waals surface area (Å²) in [5, 5.41) is 8.76. The van der Waals surface area contributed by atoms with Gasteiger partial charge in [0.15, 0.2) is 0 Å². The predicted molar refractivity (Wildman–Crippen MR) is 57.3 cm³/mol. The van der Waals surface area contributed by atoms with Crippen LogP contribution in [0.1, 0.15) is 12.0 Å². The van der Waals surface area contributed by atoms with Crippen LogP contribution in [-0.2, 0) is 0 Å². The molecule has 0 saturated carbocycles. The molecule has 0 amide bonds. The summed E-state index contributed by atoms with van der Waals surface area (Å²) >= 11 is 0. The van der Waals surface area contributed by atoms with E-state index in [1.165, 1.54) is 6.07 Å². The molecule has 1 aliphatic rings. The van der Waals surface area contributed by atoms with Gasteiger partial charge in [0, 0.05) is 24.3 Å². The third-order valence-corrected chi connectivity index (χ3v) is 2.60. The van der Waals surface area contributed by atoms with Crippen molar-refractivity contribution in [3.05, 3.63) is 23.8 Å². The summed E-state index contributed by atoms with van der Waals surface area (Å²) in [7, 11) is 0. The van der Waals surface area contributed by atoms with Crippen molar-refractivity contribution in [3.63, 3.8) is 0 Å². The zero-order chi connectivity index (χ0) is 11.8. The summed E-state index contributed by atoms with van der Waals surface area (Å²) in [4.78, 5) is 1.55. The summed E-state index contributed by atoms with van der Waals surface area (Å²) < 4.78 is 26.1. The average molecular weight is 223 g/mol. The van der Waals surface area contributed by atoms with Gasteiger partial charge in [-0.15, -0.1) is 0 Å². The molecule has 1 saturated heterocycles. The number of nitrogen functional groups attached to an aromatic ring is 1. The Bertz CT molecular complexity index is 451. The zero-order valence-electron chi connectivity index (χ0n) is 8.58. The number of hydrogen-bond donors (Lipinski definition) is 1. The molecule has 84 valence electrons. The number of benzene rings is 1. The normalized spacial score (nSPS) is 18.4. The van der Waals surface area contributed by atoms with E-state index in [9.17, 15) is 8.78 Å². The Kier molecular flexibility index (Phi) is 2.43. The quantitative estimate of drug-likeness (QED) is 0.741. The van der Waals surface area contributed by atoms with Gasteiger partial charge in [0.05, 0.1) is 18.2 Å². The lowest BCUT2D eigenvalue weighted by atomic mass is 10.2. The van der Waals surface area contributed by atoms with Crippen LogP contribution in [0.4, 0.5) is 20.2 Å². The maximum atomic E-state index is 13.0. The van der Waals surface area contributed by atoms with Gasteiger partial charge in [0.1, 0.15) is 0 Å². The first-order chi connectivity index (χ1) is 7.50. The van der Waals surface area contributed by atoms with E-state index in [4.69, 9.17) is 11.0 Å². The Labute approximate surface area is 92.1 Å².